The monoisotopic (exact) mass is 374 g/mol. The molecule has 0 radical (unpaired) electrons. The third-order valence-corrected chi connectivity index (χ3v) is 4.24. The maximum Gasteiger partial charge on any atom is 0.238 e. The van der Waals surface area contributed by atoms with Gasteiger partial charge in [0.05, 0.1) is 6.54 Å². The lowest BCUT2D eigenvalue weighted by Crippen LogP contribution is -2.30. The van der Waals surface area contributed by atoms with Crippen LogP contribution in [0.25, 0.3) is 0 Å². The number of ketones is 1. The third kappa shape index (κ3) is 5.01. The van der Waals surface area contributed by atoms with E-state index in [4.69, 9.17) is 0 Å². The van der Waals surface area contributed by atoms with Gasteiger partial charge in [-0.05, 0) is 49.7 Å². The van der Waals surface area contributed by atoms with Gasteiger partial charge in [0, 0.05) is 21.8 Å². The van der Waals surface area contributed by atoms with Gasteiger partial charge < -0.3 is 10.6 Å². The minimum absolute atomic E-state index is 0.00630. The zero-order chi connectivity index (χ0) is 16.8. The van der Waals surface area contributed by atoms with E-state index in [1.807, 2.05) is 31.2 Å². The summed E-state index contributed by atoms with van der Waals surface area (Å²) in [6.45, 7) is 3.73. The number of anilines is 1. The Morgan fingerprint density at radius 1 is 1.09 bits per heavy atom. The molecule has 0 aromatic heterocycles. The van der Waals surface area contributed by atoms with Crippen molar-refractivity contribution in [3.05, 3.63) is 64.1 Å². The van der Waals surface area contributed by atoms with E-state index in [0.29, 0.717) is 11.3 Å². The summed E-state index contributed by atoms with van der Waals surface area (Å²) in [5.74, 6) is -0.119. The average molecular weight is 375 g/mol. The average Bonchev–Trinajstić information content (AvgIpc) is 2.53. The van der Waals surface area contributed by atoms with Crippen LogP contribution in [0.15, 0.2) is 53.0 Å². The number of carbonyl (C=O) groups excluding carboxylic acids is 2. The molecule has 0 aliphatic heterocycles. The Balaban J connectivity index is 1.87. The van der Waals surface area contributed by atoms with Gasteiger partial charge in [0.1, 0.15) is 0 Å². The summed E-state index contributed by atoms with van der Waals surface area (Å²) in [5, 5.41) is 6.00. The molecule has 0 aliphatic rings. The zero-order valence-electron chi connectivity index (χ0n) is 13.1. The van der Waals surface area contributed by atoms with Crippen molar-refractivity contribution in [1.29, 1.82) is 0 Å². The van der Waals surface area contributed by atoms with Crippen LogP contribution in [0.1, 0.15) is 35.8 Å². The number of amides is 1. The second kappa shape index (κ2) is 8.04. The van der Waals surface area contributed by atoms with Crippen LogP contribution in [0, 0.1) is 0 Å². The van der Waals surface area contributed by atoms with E-state index in [9.17, 15) is 9.59 Å². The molecule has 2 rings (SSSR count). The van der Waals surface area contributed by atoms with Crippen LogP contribution in [0.3, 0.4) is 0 Å². The molecule has 5 heteroatoms. The Hall–Kier alpha value is -1.98. The summed E-state index contributed by atoms with van der Waals surface area (Å²) in [6.07, 6.45) is 0. The van der Waals surface area contributed by atoms with Gasteiger partial charge in [-0.15, -0.1) is 0 Å². The number of hydrogen-bond acceptors (Lipinski definition) is 3. The summed E-state index contributed by atoms with van der Waals surface area (Å²) in [4.78, 5) is 23.2. The molecule has 23 heavy (non-hydrogen) atoms. The first-order chi connectivity index (χ1) is 11.0. The van der Waals surface area contributed by atoms with Gasteiger partial charge in [-0.25, -0.2) is 0 Å². The van der Waals surface area contributed by atoms with E-state index < -0.39 is 0 Å². The maximum absolute atomic E-state index is 12.0. The molecule has 0 unspecified atom stereocenters. The van der Waals surface area contributed by atoms with Crippen molar-refractivity contribution in [2.45, 2.75) is 19.9 Å². The maximum atomic E-state index is 12.0. The van der Waals surface area contributed by atoms with Crippen LogP contribution < -0.4 is 10.6 Å². The number of rotatable bonds is 6. The van der Waals surface area contributed by atoms with Crippen molar-refractivity contribution in [2.24, 2.45) is 0 Å². The van der Waals surface area contributed by atoms with E-state index in [1.54, 1.807) is 24.3 Å². The number of benzene rings is 2. The normalized spacial score (nSPS) is 11.8. The Bertz CT molecular complexity index is 698. The molecule has 0 heterocycles. The second-order valence-electron chi connectivity index (χ2n) is 5.31. The molecule has 2 aromatic rings. The van der Waals surface area contributed by atoms with Crippen LogP contribution in [0.5, 0.6) is 0 Å². The standard InChI is InChI=1S/C18H19BrN2O2/c1-12(16-5-3-4-6-17(16)19)20-11-18(23)21-15-9-7-14(8-10-15)13(2)22/h3-10,12,20H,11H2,1-2H3,(H,21,23)/t12-/m1/s1. The number of Topliss-reactive ketones (excluding diaryl/α,β-unsaturated/α-hetero) is 1. The van der Waals surface area contributed by atoms with Crippen LogP contribution in [0.2, 0.25) is 0 Å². The van der Waals surface area contributed by atoms with Gasteiger partial charge >= 0.3 is 0 Å². The number of carbonyl (C=O) groups is 2. The van der Waals surface area contributed by atoms with Crippen molar-refractivity contribution in [3.63, 3.8) is 0 Å². The van der Waals surface area contributed by atoms with Gasteiger partial charge in [-0.3, -0.25) is 9.59 Å². The lowest BCUT2D eigenvalue weighted by atomic mass is 10.1. The smallest absolute Gasteiger partial charge is 0.238 e. The quantitative estimate of drug-likeness (QED) is 0.752. The highest BCUT2D eigenvalue weighted by molar-refractivity contribution is 9.10. The highest BCUT2D eigenvalue weighted by atomic mass is 79.9. The molecule has 0 fully saturated rings. The van der Waals surface area contributed by atoms with Crippen molar-refractivity contribution < 1.29 is 9.59 Å². The van der Waals surface area contributed by atoms with Gasteiger partial charge in [0.2, 0.25) is 5.91 Å². The Labute approximate surface area is 144 Å². The highest BCUT2D eigenvalue weighted by Crippen LogP contribution is 2.22. The first-order valence-corrected chi connectivity index (χ1v) is 8.15. The molecule has 0 saturated carbocycles. The van der Waals surface area contributed by atoms with Gasteiger partial charge in [-0.1, -0.05) is 34.1 Å². The molecule has 0 spiro atoms. The van der Waals surface area contributed by atoms with E-state index in [-0.39, 0.29) is 24.3 Å². The molecular weight excluding hydrogens is 356 g/mol. The van der Waals surface area contributed by atoms with E-state index in [0.717, 1.165) is 10.0 Å². The summed E-state index contributed by atoms with van der Waals surface area (Å²) in [6, 6.07) is 14.8. The molecule has 4 nitrogen and oxygen atoms in total. The second-order valence-corrected chi connectivity index (χ2v) is 6.16. The van der Waals surface area contributed by atoms with Crippen molar-refractivity contribution >= 4 is 33.3 Å². The molecule has 2 aromatic carbocycles. The van der Waals surface area contributed by atoms with Crippen molar-refractivity contribution in [3.8, 4) is 0 Å². The molecule has 0 bridgehead atoms. The lowest BCUT2D eigenvalue weighted by molar-refractivity contribution is -0.115. The van der Waals surface area contributed by atoms with E-state index in [1.165, 1.54) is 6.92 Å². The largest absolute Gasteiger partial charge is 0.325 e. The Morgan fingerprint density at radius 2 is 1.74 bits per heavy atom. The van der Waals surface area contributed by atoms with E-state index >= 15 is 0 Å². The SMILES string of the molecule is CC(=O)c1ccc(NC(=O)CN[C@H](C)c2ccccc2Br)cc1. The topological polar surface area (TPSA) is 58.2 Å². The van der Waals surface area contributed by atoms with Crippen molar-refractivity contribution in [2.75, 3.05) is 11.9 Å². The highest BCUT2D eigenvalue weighted by Gasteiger charge is 2.10. The molecule has 120 valence electrons. The Morgan fingerprint density at radius 3 is 2.35 bits per heavy atom. The molecule has 0 aliphatic carbocycles. The fraction of sp³-hybridized carbons (Fsp3) is 0.222. The number of hydrogen-bond donors (Lipinski definition) is 2. The van der Waals surface area contributed by atoms with Crippen LogP contribution in [0.4, 0.5) is 5.69 Å². The van der Waals surface area contributed by atoms with Crippen molar-refractivity contribution in [1.82, 2.24) is 5.32 Å². The molecule has 2 N–H and O–H groups in total. The summed E-state index contributed by atoms with van der Waals surface area (Å²) >= 11 is 3.51. The lowest BCUT2D eigenvalue weighted by Gasteiger charge is -2.15. The van der Waals surface area contributed by atoms with Crippen LogP contribution >= 0.6 is 15.9 Å². The fourth-order valence-electron chi connectivity index (χ4n) is 2.18. The van der Waals surface area contributed by atoms with Gasteiger partial charge in [0.25, 0.3) is 0 Å². The summed E-state index contributed by atoms with van der Waals surface area (Å²) in [7, 11) is 0. The predicted molar refractivity (Wildman–Crippen MR) is 95.6 cm³/mol. The molecule has 1 atom stereocenters. The summed E-state index contributed by atoms with van der Waals surface area (Å²) in [5.41, 5.74) is 2.41. The van der Waals surface area contributed by atoms with Crippen LogP contribution in [-0.4, -0.2) is 18.2 Å². The number of halogens is 1. The minimum Gasteiger partial charge on any atom is -0.325 e. The van der Waals surface area contributed by atoms with Gasteiger partial charge in [0.15, 0.2) is 5.78 Å². The zero-order valence-corrected chi connectivity index (χ0v) is 14.7. The summed E-state index contributed by atoms with van der Waals surface area (Å²) < 4.78 is 1.01. The van der Waals surface area contributed by atoms with Gasteiger partial charge in [-0.2, -0.15) is 0 Å². The third-order valence-electron chi connectivity index (χ3n) is 3.52. The minimum atomic E-state index is -0.125. The number of nitrogens with one attached hydrogen (secondary N) is 2. The first-order valence-electron chi connectivity index (χ1n) is 7.36. The first kappa shape index (κ1) is 17.4. The Kier molecular flexibility index (Phi) is 6.07. The molecule has 1 amide bonds. The van der Waals surface area contributed by atoms with E-state index in [2.05, 4.69) is 26.6 Å². The molecular formula is C18H19BrN2O2. The predicted octanol–water partition coefficient (Wildman–Crippen LogP) is 3.94. The van der Waals surface area contributed by atoms with Crippen LogP contribution in [-0.2, 0) is 4.79 Å². The fourth-order valence-corrected chi connectivity index (χ4v) is 2.80. The molecule has 0 saturated heterocycles.